The van der Waals surface area contributed by atoms with Gasteiger partial charge < -0.3 is 19.7 Å². The summed E-state index contributed by atoms with van der Waals surface area (Å²) in [4.78, 5) is 28.3. The molecule has 6 heteroatoms. The predicted molar refractivity (Wildman–Crippen MR) is 169 cm³/mol. The minimum atomic E-state index is -0.563. The lowest BCUT2D eigenvalue weighted by Gasteiger charge is -2.39. The van der Waals surface area contributed by atoms with E-state index in [1.54, 1.807) is 11.8 Å². The van der Waals surface area contributed by atoms with E-state index in [0.29, 0.717) is 17.8 Å². The molecule has 1 aliphatic heterocycles. The number of amides is 2. The maximum absolute atomic E-state index is 13.4. The molecule has 1 aromatic carbocycles. The zero-order chi connectivity index (χ0) is 30.2. The predicted octanol–water partition coefficient (Wildman–Crippen LogP) is 9.42. The molecule has 0 saturated heterocycles. The van der Waals surface area contributed by atoms with Crippen molar-refractivity contribution in [3.05, 3.63) is 40.6 Å². The summed E-state index contributed by atoms with van der Waals surface area (Å²) >= 11 is 0. The summed E-state index contributed by atoms with van der Waals surface area (Å²) in [6, 6.07) is 5.35. The number of rotatable bonds is 20. The molecule has 0 bridgehead atoms. The average molecular weight is 571 g/mol. The Morgan fingerprint density at radius 2 is 1.41 bits per heavy atom. The van der Waals surface area contributed by atoms with Crippen LogP contribution in [-0.2, 0) is 16.0 Å². The molecule has 2 rings (SSSR count). The maximum Gasteiger partial charge on any atom is 0.338 e. The van der Waals surface area contributed by atoms with Crippen LogP contribution in [0.25, 0.3) is 0 Å². The second-order valence-corrected chi connectivity index (χ2v) is 12.1. The summed E-state index contributed by atoms with van der Waals surface area (Å²) in [6.45, 7) is 14.1. The van der Waals surface area contributed by atoms with Crippen molar-refractivity contribution >= 4 is 12.0 Å². The van der Waals surface area contributed by atoms with Crippen LogP contribution in [0.3, 0.4) is 0 Å². The minimum absolute atomic E-state index is 0.0380. The quantitative estimate of drug-likeness (QED) is 0.125. The van der Waals surface area contributed by atoms with E-state index in [1.807, 2.05) is 46.8 Å². The van der Waals surface area contributed by atoms with Crippen molar-refractivity contribution in [2.24, 2.45) is 0 Å². The van der Waals surface area contributed by atoms with Gasteiger partial charge in [0.1, 0.15) is 5.75 Å². The first kappa shape index (κ1) is 34.7. The van der Waals surface area contributed by atoms with Gasteiger partial charge in [0.25, 0.3) is 0 Å². The lowest BCUT2D eigenvalue weighted by molar-refractivity contribution is -0.143. The largest absolute Gasteiger partial charge is 0.491 e. The Hall–Kier alpha value is -2.50. The van der Waals surface area contributed by atoms with Crippen LogP contribution < -0.4 is 10.1 Å². The average Bonchev–Trinajstić information content (AvgIpc) is 2.90. The van der Waals surface area contributed by atoms with Gasteiger partial charge in [-0.25, -0.2) is 9.59 Å². The summed E-state index contributed by atoms with van der Waals surface area (Å²) in [5.74, 6) is 0.334. The number of nitrogens with zero attached hydrogens (tertiary/aromatic N) is 1. The molecule has 1 aromatic rings. The number of carbonyl (C=O) groups excluding carboxylic acids is 2. The first-order valence-electron chi connectivity index (χ1n) is 16.5. The van der Waals surface area contributed by atoms with Gasteiger partial charge in [-0.2, -0.15) is 0 Å². The van der Waals surface area contributed by atoms with Gasteiger partial charge in [0.2, 0.25) is 0 Å². The van der Waals surface area contributed by atoms with Gasteiger partial charge in [-0.1, -0.05) is 96.1 Å². The van der Waals surface area contributed by atoms with E-state index in [9.17, 15) is 9.59 Å². The summed E-state index contributed by atoms with van der Waals surface area (Å²) in [7, 11) is 0. The second-order valence-electron chi connectivity index (χ2n) is 12.1. The number of unbranched alkanes of at least 4 members (excludes halogenated alkanes) is 12. The van der Waals surface area contributed by atoms with Crippen molar-refractivity contribution in [3.63, 3.8) is 0 Å². The number of hydrogen-bond donors (Lipinski definition) is 1. The monoisotopic (exact) mass is 570 g/mol. The Morgan fingerprint density at radius 1 is 0.854 bits per heavy atom. The van der Waals surface area contributed by atoms with E-state index >= 15 is 0 Å². The van der Waals surface area contributed by atoms with Crippen molar-refractivity contribution in [1.82, 2.24) is 10.2 Å². The molecule has 1 heterocycles. The molecular formula is C35H58N2O4. The maximum atomic E-state index is 13.4. The Kier molecular flexibility index (Phi) is 15.9. The molecule has 0 spiro atoms. The zero-order valence-electron chi connectivity index (χ0n) is 27.2. The molecule has 1 unspecified atom stereocenters. The van der Waals surface area contributed by atoms with E-state index in [-0.39, 0.29) is 18.2 Å². The minimum Gasteiger partial charge on any atom is -0.491 e. The number of esters is 1. The number of likely N-dealkylation sites (N-methyl/N-ethyl adjacent to an activating group) is 1. The van der Waals surface area contributed by atoms with Gasteiger partial charge in [-0.15, -0.1) is 0 Å². The Balaban J connectivity index is 2.12. The first-order valence-corrected chi connectivity index (χ1v) is 16.5. The Morgan fingerprint density at radius 3 is 1.93 bits per heavy atom. The van der Waals surface area contributed by atoms with E-state index in [2.05, 4.69) is 18.3 Å². The number of nitrogens with one attached hydrogen (secondary N) is 1. The fraction of sp³-hybridized carbons (Fsp3) is 0.714. The number of hydrogen-bond acceptors (Lipinski definition) is 4. The van der Waals surface area contributed by atoms with Crippen LogP contribution in [0.5, 0.6) is 5.75 Å². The van der Waals surface area contributed by atoms with Crippen LogP contribution in [0.15, 0.2) is 29.5 Å². The number of carbonyl (C=O) groups is 2. The van der Waals surface area contributed by atoms with Gasteiger partial charge in [0.05, 0.1) is 23.8 Å². The fourth-order valence-electron chi connectivity index (χ4n) is 5.75. The molecule has 1 aliphatic rings. The number of aryl methyl sites for hydroxylation is 1. The van der Waals surface area contributed by atoms with E-state index < -0.39 is 12.0 Å². The third kappa shape index (κ3) is 11.4. The molecular weight excluding hydrogens is 512 g/mol. The second kappa shape index (κ2) is 18.8. The number of allylic oxidation sites excluding steroid dienone is 1. The molecule has 0 aromatic heterocycles. The van der Waals surface area contributed by atoms with Crippen molar-refractivity contribution in [2.45, 2.75) is 157 Å². The van der Waals surface area contributed by atoms with Crippen LogP contribution >= 0.6 is 0 Å². The van der Waals surface area contributed by atoms with Crippen molar-refractivity contribution in [1.29, 1.82) is 0 Å². The molecule has 0 fully saturated rings. The molecule has 6 nitrogen and oxygen atoms in total. The van der Waals surface area contributed by atoms with E-state index in [0.717, 1.165) is 29.7 Å². The summed E-state index contributed by atoms with van der Waals surface area (Å²) < 4.78 is 12.0. The molecule has 0 saturated carbocycles. The van der Waals surface area contributed by atoms with Crippen LogP contribution in [0.2, 0.25) is 0 Å². The number of benzene rings is 1. The van der Waals surface area contributed by atoms with Gasteiger partial charge >= 0.3 is 12.0 Å². The molecule has 1 atom stereocenters. The lowest BCUT2D eigenvalue weighted by Crippen LogP contribution is -2.49. The van der Waals surface area contributed by atoms with E-state index in [1.165, 1.54) is 77.0 Å². The summed E-state index contributed by atoms with van der Waals surface area (Å²) in [6.07, 6.45) is 17.7. The third-order valence-corrected chi connectivity index (χ3v) is 7.79. The highest BCUT2D eigenvalue weighted by Crippen LogP contribution is 2.41. The van der Waals surface area contributed by atoms with Crippen LogP contribution in [-0.4, -0.2) is 35.7 Å². The standard InChI is InChI=1S/C35H58N2O4/c1-8-10-11-12-13-14-15-16-17-18-19-20-21-23-29-24-22-25-30(40-26(3)4)32(29)33-31(34(38)41-27(5)6)28(7)36-35(39)37(33)9-2/h22,24-27,33H,8-21,23H2,1-7H3,(H,36,39). The fourth-order valence-corrected chi connectivity index (χ4v) is 5.75. The SMILES string of the molecule is CCCCCCCCCCCCCCCc1cccc(OC(C)C)c1C1C(C(=O)OC(C)C)=C(C)NC(=O)N1CC. The Labute approximate surface area is 250 Å². The highest BCUT2D eigenvalue weighted by atomic mass is 16.5. The normalized spacial score (nSPS) is 15.6. The van der Waals surface area contributed by atoms with E-state index in [4.69, 9.17) is 9.47 Å². The Bertz CT molecular complexity index is 969. The van der Waals surface area contributed by atoms with Gasteiger partial charge in [-0.05, 0) is 66.0 Å². The van der Waals surface area contributed by atoms with Gasteiger partial charge in [0, 0.05) is 17.8 Å². The molecule has 41 heavy (non-hydrogen) atoms. The first-order chi connectivity index (χ1) is 19.7. The molecule has 0 radical (unpaired) electrons. The number of urea groups is 1. The van der Waals surface area contributed by atoms with Crippen molar-refractivity contribution in [2.75, 3.05) is 6.54 Å². The molecule has 1 N–H and O–H groups in total. The van der Waals surface area contributed by atoms with Crippen molar-refractivity contribution < 1.29 is 19.1 Å². The number of ether oxygens (including phenoxy) is 2. The topological polar surface area (TPSA) is 67.9 Å². The molecule has 2 amide bonds. The smallest absolute Gasteiger partial charge is 0.338 e. The van der Waals surface area contributed by atoms with Crippen LogP contribution in [0.1, 0.15) is 149 Å². The van der Waals surface area contributed by atoms with Crippen LogP contribution in [0.4, 0.5) is 4.79 Å². The summed E-state index contributed by atoms with van der Waals surface area (Å²) in [5, 5.41) is 2.88. The van der Waals surface area contributed by atoms with Crippen LogP contribution in [0, 0.1) is 0 Å². The highest BCUT2D eigenvalue weighted by molar-refractivity contribution is 5.95. The summed E-state index contributed by atoms with van der Waals surface area (Å²) in [5.41, 5.74) is 3.06. The lowest BCUT2D eigenvalue weighted by atomic mass is 9.87. The molecule has 0 aliphatic carbocycles. The van der Waals surface area contributed by atoms with Gasteiger partial charge in [0.15, 0.2) is 0 Å². The highest BCUT2D eigenvalue weighted by Gasteiger charge is 2.40. The van der Waals surface area contributed by atoms with Crippen molar-refractivity contribution in [3.8, 4) is 5.75 Å². The third-order valence-electron chi connectivity index (χ3n) is 7.79. The molecule has 232 valence electrons. The van der Waals surface area contributed by atoms with Gasteiger partial charge in [-0.3, -0.25) is 0 Å². The zero-order valence-corrected chi connectivity index (χ0v) is 27.2.